The normalized spacial score (nSPS) is 11.7. The van der Waals surface area contributed by atoms with Gasteiger partial charge in [-0.2, -0.15) is 0 Å². The van der Waals surface area contributed by atoms with Gasteiger partial charge < -0.3 is 5.11 Å². The Labute approximate surface area is 113 Å². The van der Waals surface area contributed by atoms with Gasteiger partial charge in [0.25, 0.3) is 11.4 Å². The second-order valence-corrected chi connectivity index (χ2v) is 3.96. The predicted octanol–water partition coefficient (Wildman–Crippen LogP) is 2.07. The maximum atomic E-state index is 11.4. The van der Waals surface area contributed by atoms with E-state index in [0.29, 0.717) is 0 Å². The fourth-order valence-electron chi connectivity index (χ4n) is 1.60. The first-order valence-electron chi connectivity index (χ1n) is 5.62. The number of hydrogen-bond donors (Lipinski definition) is 1. The minimum atomic E-state index is -1.57. The van der Waals surface area contributed by atoms with E-state index >= 15 is 0 Å². The Balaban J connectivity index is 3.30. The molecular formula is C12H12N2O6. The molecule has 0 amide bonds. The summed E-state index contributed by atoms with van der Waals surface area (Å²) in [5.41, 5.74) is -1.49. The molecule has 106 valence electrons. The van der Waals surface area contributed by atoms with Crippen LogP contribution in [0.4, 0.5) is 11.4 Å². The van der Waals surface area contributed by atoms with Crippen molar-refractivity contribution in [1.82, 2.24) is 0 Å². The van der Waals surface area contributed by atoms with Gasteiger partial charge in [0.1, 0.15) is 6.10 Å². The highest BCUT2D eigenvalue weighted by Gasteiger charge is 2.27. The summed E-state index contributed by atoms with van der Waals surface area (Å²) >= 11 is 0. The number of nitro benzene ring substituents is 2. The Bertz CT molecular complexity index is 596. The van der Waals surface area contributed by atoms with Crippen LogP contribution in [0.2, 0.25) is 0 Å². The molecule has 1 aromatic carbocycles. The molecule has 0 heterocycles. The Morgan fingerprint density at radius 3 is 2.40 bits per heavy atom. The number of carbonyl (C=O) groups excluding carboxylic acids is 1. The van der Waals surface area contributed by atoms with E-state index in [1.54, 1.807) is 6.92 Å². The zero-order valence-electron chi connectivity index (χ0n) is 10.6. The molecule has 0 aliphatic heterocycles. The Hall–Kier alpha value is -2.61. The first-order chi connectivity index (χ1) is 9.29. The van der Waals surface area contributed by atoms with E-state index in [-0.39, 0.29) is 17.6 Å². The number of carbonyl (C=O) groups is 1. The SMILES string of the molecule is C=C(C(=O)CC)[C@@H](O)c1ccc([N+](=O)[O-])cc1[N+](=O)[O-]. The Morgan fingerprint density at radius 2 is 1.95 bits per heavy atom. The Morgan fingerprint density at radius 1 is 1.35 bits per heavy atom. The quantitative estimate of drug-likeness (QED) is 0.483. The topological polar surface area (TPSA) is 124 Å². The maximum absolute atomic E-state index is 11.4. The van der Waals surface area contributed by atoms with E-state index in [9.17, 15) is 30.1 Å². The lowest BCUT2D eigenvalue weighted by Gasteiger charge is -2.12. The number of non-ortho nitro benzene ring substituents is 1. The minimum absolute atomic E-state index is 0.0939. The molecule has 0 saturated heterocycles. The van der Waals surface area contributed by atoms with E-state index in [4.69, 9.17) is 0 Å². The molecular weight excluding hydrogens is 268 g/mol. The summed E-state index contributed by atoms with van der Waals surface area (Å²) < 4.78 is 0. The van der Waals surface area contributed by atoms with Gasteiger partial charge in [-0.15, -0.1) is 0 Å². The fourth-order valence-corrected chi connectivity index (χ4v) is 1.60. The zero-order valence-corrected chi connectivity index (χ0v) is 10.6. The number of nitrogens with zero attached hydrogens (tertiary/aromatic N) is 2. The van der Waals surface area contributed by atoms with Gasteiger partial charge in [-0.05, 0) is 6.07 Å². The number of aliphatic hydroxyl groups excluding tert-OH is 1. The molecule has 8 heteroatoms. The number of aliphatic hydroxyl groups is 1. The van der Waals surface area contributed by atoms with Crippen molar-refractivity contribution in [2.24, 2.45) is 0 Å². The lowest BCUT2D eigenvalue weighted by molar-refractivity contribution is -0.394. The molecule has 1 N–H and O–H groups in total. The lowest BCUT2D eigenvalue weighted by Crippen LogP contribution is -2.11. The number of rotatable bonds is 6. The average molecular weight is 280 g/mol. The van der Waals surface area contributed by atoms with E-state index < -0.39 is 33.1 Å². The molecule has 0 spiro atoms. The van der Waals surface area contributed by atoms with Crippen molar-refractivity contribution in [2.45, 2.75) is 19.4 Å². The molecule has 0 aromatic heterocycles. The molecule has 0 saturated carbocycles. The van der Waals surface area contributed by atoms with Gasteiger partial charge >= 0.3 is 0 Å². The van der Waals surface area contributed by atoms with Crippen LogP contribution in [0.3, 0.4) is 0 Å². The number of hydrogen-bond acceptors (Lipinski definition) is 6. The zero-order chi connectivity index (χ0) is 15.4. The second-order valence-electron chi connectivity index (χ2n) is 3.96. The lowest BCUT2D eigenvalue weighted by atomic mass is 9.97. The van der Waals surface area contributed by atoms with Crippen molar-refractivity contribution in [2.75, 3.05) is 0 Å². The second kappa shape index (κ2) is 6.02. The summed E-state index contributed by atoms with van der Waals surface area (Å²) in [7, 11) is 0. The first kappa shape index (κ1) is 15.4. The molecule has 8 nitrogen and oxygen atoms in total. The summed E-state index contributed by atoms with van der Waals surface area (Å²) in [4.78, 5) is 31.3. The molecule has 0 unspecified atom stereocenters. The van der Waals surface area contributed by atoms with Gasteiger partial charge in [-0.25, -0.2) is 0 Å². The summed E-state index contributed by atoms with van der Waals surface area (Å²) in [6, 6.07) is 2.81. The van der Waals surface area contributed by atoms with Gasteiger partial charge in [-0.1, -0.05) is 13.5 Å². The first-order valence-corrected chi connectivity index (χ1v) is 5.62. The van der Waals surface area contributed by atoms with Crippen molar-refractivity contribution in [3.05, 3.63) is 56.1 Å². The van der Waals surface area contributed by atoms with Crippen molar-refractivity contribution in [1.29, 1.82) is 0 Å². The van der Waals surface area contributed by atoms with E-state index in [2.05, 4.69) is 6.58 Å². The van der Waals surface area contributed by atoms with Crippen LogP contribution in [0.15, 0.2) is 30.4 Å². The maximum Gasteiger partial charge on any atom is 0.282 e. The highest BCUT2D eigenvalue weighted by Crippen LogP contribution is 2.32. The third-order valence-corrected chi connectivity index (χ3v) is 2.73. The summed E-state index contributed by atoms with van der Waals surface area (Å²) in [6.07, 6.45) is -1.47. The number of Topliss-reactive ketones (excluding diaryl/α,β-unsaturated/α-hetero) is 1. The number of nitro groups is 2. The summed E-state index contributed by atoms with van der Waals surface area (Å²) in [5.74, 6) is -0.440. The predicted molar refractivity (Wildman–Crippen MR) is 69.1 cm³/mol. The monoisotopic (exact) mass is 280 g/mol. The number of ketones is 1. The van der Waals surface area contributed by atoms with Crippen LogP contribution in [0, 0.1) is 20.2 Å². The van der Waals surface area contributed by atoms with Crippen LogP contribution in [-0.2, 0) is 4.79 Å². The van der Waals surface area contributed by atoms with E-state index in [0.717, 1.165) is 18.2 Å². The van der Waals surface area contributed by atoms with Crippen LogP contribution in [-0.4, -0.2) is 20.7 Å². The molecule has 0 aliphatic rings. The van der Waals surface area contributed by atoms with Crippen LogP contribution < -0.4 is 0 Å². The highest BCUT2D eigenvalue weighted by atomic mass is 16.6. The van der Waals surface area contributed by atoms with Gasteiger partial charge in [0, 0.05) is 18.1 Å². The largest absolute Gasteiger partial charge is 0.383 e. The molecule has 1 atom stereocenters. The molecule has 0 aliphatic carbocycles. The van der Waals surface area contributed by atoms with Crippen LogP contribution in [0.5, 0.6) is 0 Å². The standard InChI is InChI=1S/C12H12N2O6/c1-3-11(15)7(2)12(16)9-5-4-8(13(17)18)6-10(9)14(19)20/h4-6,12,16H,2-3H2,1H3/t12-/m1/s1. The fraction of sp³-hybridized carbons (Fsp3) is 0.250. The van der Waals surface area contributed by atoms with E-state index in [1.165, 1.54) is 0 Å². The third kappa shape index (κ3) is 3.04. The smallest absolute Gasteiger partial charge is 0.282 e. The average Bonchev–Trinajstić information content (AvgIpc) is 2.43. The van der Waals surface area contributed by atoms with Crippen LogP contribution in [0.1, 0.15) is 25.0 Å². The summed E-state index contributed by atoms with van der Waals surface area (Å²) in [5, 5.41) is 31.5. The molecule has 0 fully saturated rings. The van der Waals surface area contributed by atoms with Gasteiger partial charge in [0.05, 0.1) is 21.5 Å². The van der Waals surface area contributed by atoms with Crippen molar-refractivity contribution < 1.29 is 19.7 Å². The molecule has 0 bridgehead atoms. The molecule has 1 rings (SSSR count). The van der Waals surface area contributed by atoms with Crippen LogP contribution in [0.25, 0.3) is 0 Å². The number of benzene rings is 1. The minimum Gasteiger partial charge on any atom is -0.383 e. The molecule has 1 aromatic rings. The molecule has 0 radical (unpaired) electrons. The van der Waals surface area contributed by atoms with Crippen molar-refractivity contribution >= 4 is 17.2 Å². The Kier molecular flexibility index (Phi) is 4.65. The van der Waals surface area contributed by atoms with Gasteiger partial charge in [-0.3, -0.25) is 25.0 Å². The van der Waals surface area contributed by atoms with Gasteiger partial charge in [0.15, 0.2) is 5.78 Å². The molecule has 20 heavy (non-hydrogen) atoms. The van der Waals surface area contributed by atoms with Crippen molar-refractivity contribution in [3.63, 3.8) is 0 Å². The highest BCUT2D eigenvalue weighted by molar-refractivity contribution is 5.95. The van der Waals surface area contributed by atoms with E-state index in [1.807, 2.05) is 0 Å². The van der Waals surface area contributed by atoms with Gasteiger partial charge in [0.2, 0.25) is 0 Å². The third-order valence-electron chi connectivity index (χ3n) is 2.73. The van der Waals surface area contributed by atoms with Crippen LogP contribution >= 0.6 is 0 Å². The van der Waals surface area contributed by atoms with Crippen molar-refractivity contribution in [3.8, 4) is 0 Å². The summed E-state index contributed by atoms with van der Waals surface area (Å²) in [6.45, 7) is 4.96.